The molecule has 0 spiro atoms. The van der Waals surface area contributed by atoms with Gasteiger partial charge in [-0.1, -0.05) is 30.3 Å². The molecule has 0 radical (unpaired) electrons. The zero-order chi connectivity index (χ0) is 17.6. The van der Waals surface area contributed by atoms with Crippen molar-refractivity contribution in [1.29, 1.82) is 0 Å². The first kappa shape index (κ1) is 18.6. The summed E-state index contributed by atoms with van der Waals surface area (Å²) < 4.78 is 26.3. The van der Waals surface area contributed by atoms with Gasteiger partial charge in [-0.15, -0.1) is 0 Å². The van der Waals surface area contributed by atoms with Crippen LogP contribution in [0, 0.1) is 0 Å². The van der Waals surface area contributed by atoms with Crippen molar-refractivity contribution in [3.05, 3.63) is 41.3 Å². The number of carbonyl (C=O) groups is 1. The van der Waals surface area contributed by atoms with E-state index in [4.69, 9.17) is 0 Å². The Labute approximate surface area is 144 Å². The van der Waals surface area contributed by atoms with Crippen LogP contribution in [0.15, 0.2) is 35.7 Å². The van der Waals surface area contributed by atoms with Gasteiger partial charge in [0.1, 0.15) is 0 Å². The fraction of sp³-hybridized carbons (Fsp3) is 0.471. The monoisotopic (exact) mass is 351 g/mol. The normalized spacial score (nSPS) is 18.6. The Morgan fingerprint density at radius 1 is 1.21 bits per heavy atom. The Morgan fingerprint density at radius 3 is 2.42 bits per heavy atom. The highest BCUT2D eigenvalue weighted by atomic mass is 32.2. The molecule has 1 fully saturated rings. The second kappa shape index (κ2) is 8.41. The van der Waals surface area contributed by atoms with Gasteiger partial charge in [0.05, 0.1) is 6.04 Å². The number of hydrogen-bond acceptors (Lipinski definition) is 4. The van der Waals surface area contributed by atoms with Crippen molar-refractivity contribution in [3.8, 4) is 0 Å². The second-order valence-corrected chi connectivity index (χ2v) is 7.58. The second-order valence-electron chi connectivity index (χ2n) is 5.76. The van der Waals surface area contributed by atoms with Crippen molar-refractivity contribution in [2.75, 3.05) is 32.7 Å². The number of benzene rings is 1. The third-order valence-corrected chi connectivity index (χ3v) is 5.71. The minimum Gasteiger partial charge on any atom is -0.355 e. The first-order chi connectivity index (χ1) is 11.4. The average Bonchev–Trinajstić information content (AvgIpc) is 2.60. The molecule has 1 atom stereocenters. The van der Waals surface area contributed by atoms with Gasteiger partial charge in [0.2, 0.25) is 15.9 Å². The van der Waals surface area contributed by atoms with Gasteiger partial charge in [-0.2, -0.15) is 4.31 Å². The summed E-state index contributed by atoms with van der Waals surface area (Å²) in [5.41, 5.74) is 0.851. The molecular formula is C17H25N3O3S. The van der Waals surface area contributed by atoms with Crippen LogP contribution in [0.3, 0.4) is 0 Å². The highest BCUT2D eigenvalue weighted by Crippen LogP contribution is 2.13. The Bertz CT molecular complexity index is 666. The molecule has 132 valence electrons. The predicted octanol–water partition coefficient (Wildman–Crippen LogP) is 1.13. The largest absolute Gasteiger partial charge is 0.355 e. The topological polar surface area (TPSA) is 69.7 Å². The molecule has 1 aliphatic rings. The smallest absolute Gasteiger partial charge is 0.237 e. The molecule has 0 saturated carbocycles. The lowest BCUT2D eigenvalue weighted by Crippen LogP contribution is -2.54. The zero-order valence-corrected chi connectivity index (χ0v) is 15.0. The lowest BCUT2D eigenvalue weighted by atomic mass is 10.2. The van der Waals surface area contributed by atoms with Crippen molar-refractivity contribution in [3.63, 3.8) is 0 Å². The fourth-order valence-corrected chi connectivity index (χ4v) is 3.82. The van der Waals surface area contributed by atoms with Crippen LogP contribution in [-0.4, -0.2) is 62.3 Å². The lowest BCUT2D eigenvalue weighted by Gasteiger charge is -2.36. The highest BCUT2D eigenvalue weighted by molar-refractivity contribution is 7.92. The van der Waals surface area contributed by atoms with E-state index in [-0.39, 0.29) is 11.9 Å². The molecule has 1 saturated heterocycles. The van der Waals surface area contributed by atoms with Crippen LogP contribution in [0.4, 0.5) is 0 Å². The summed E-state index contributed by atoms with van der Waals surface area (Å²) in [5.74, 6) is -0.0159. The first-order valence-electron chi connectivity index (χ1n) is 8.19. The van der Waals surface area contributed by atoms with E-state index in [9.17, 15) is 13.2 Å². The Morgan fingerprint density at radius 2 is 1.83 bits per heavy atom. The standard InChI is InChI=1S/C17H25N3O3S/c1-3-18-17(21)15(2)19-10-12-20(13-11-19)24(22,23)14-9-16-7-5-4-6-8-16/h4-9,14-15H,3,10-13H2,1-2H3,(H,18,21)/b14-9+/t15-/m0/s1. The van der Waals surface area contributed by atoms with Crippen LogP contribution >= 0.6 is 0 Å². The van der Waals surface area contributed by atoms with Gasteiger partial charge in [0.15, 0.2) is 0 Å². The molecule has 1 amide bonds. The molecule has 1 aromatic carbocycles. The van der Waals surface area contributed by atoms with Crippen molar-refractivity contribution in [2.45, 2.75) is 19.9 Å². The summed E-state index contributed by atoms with van der Waals surface area (Å²) in [5, 5.41) is 4.05. The molecule has 1 aliphatic heterocycles. The summed E-state index contributed by atoms with van der Waals surface area (Å²) in [6.07, 6.45) is 1.61. The third kappa shape index (κ3) is 4.90. The molecule has 1 heterocycles. The van der Waals surface area contributed by atoms with E-state index in [1.54, 1.807) is 6.08 Å². The Kier molecular flexibility index (Phi) is 6.53. The number of hydrogen-bond donors (Lipinski definition) is 1. The summed E-state index contributed by atoms with van der Waals surface area (Å²) >= 11 is 0. The van der Waals surface area contributed by atoms with Crippen molar-refractivity contribution >= 4 is 22.0 Å². The van der Waals surface area contributed by atoms with Gasteiger partial charge >= 0.3 is 0 Å². The minimum absolute atomic E-state index is 0.0159. The summed E-state index contributed by atoms with van der Waals surface area (Å²) in [4.78, 5) is 13.9. The number of nitrogens with zero attached hydrogens (tertiary/aromatic N) is 2. The number of likely N-dealkylation sites (N-methyl/N-ethyl adjacent to an activating group) is 1. The molecule has 0 bridgehead atoms. The van der Waals surface area contributed by atoms with Crippen LogP contribution in [0.25, 0.3) is 6.08 Å². The summed E-state index contributed by atoms with van der Waals surface area (Å²) in [6, 6.07) is 9.10. The SMILES string of the molecule is CCNC(=O)[C@H](C)N1CCN(S(=O)(=O)/C=C/c2ccccc2)CC1. The van der Waals surface area contributed by atoms with Gasteiger partial charge in [-0.25, -0.2) is 8.42 Å². The maximum Gasteiger partial charge on any atom is 0.237 e. The molecule has 24 heavy (non-hydrogen) atoms. The quantitative estimate of drug-likeness (QED) is 0.834. The van der Waals surface area contributed by atoms with Crippen LogP contribution in [-0.2, 0) is 14.8 Å². The molecular weight excluding hydrogens is 326 g/mol. The van der Waals surface area contributed by atoms with Gasteiger partial charge in [0.25, 0.3) is 0 Å². The van der Waals surface area contributed by atoms with E-state index in [2.05, 4.69) is 5.32 Å². The Balaban J connectivity index is 1.93. The predicted molar refractivity (Wildman–Crippen MR) is 95.7 cm³/mol. The fourth-order valence-electron chi connectivity index (χ4n) is 2.65. The molecule has 0 aromatic heterocycles. The number of rotatable bonds is 6. The Hall–Kier alpha value is -1.70. The number of amides is 1. The van der Waals surface area contributed by atoms with E-state index < -0.39 is 10.0 Å². The van der Waals surface area contributed by atoms with Gasteiger partial charge in [-0.05, 0) is 25.5 Å². The van der Waals surface area contributed by atoms with Crippen LogP contribution < -0.4 is 5.32 Å². The molecule has 7 heteroatoms. The number of piperazine rings is 1. The summed E-state index contributed by atoms with van der Waals surface area (Å²) in [7, 11) is -3.44. The maximum absolute atomic E-state index is 12.4. The van der Waals surface area contributed by atoms with Crippen molar-refractivity contribution in [2.24, 2.45) is 0 Å². The van der Waals surface area contributed by atoms with Crippen molar-refractivity contribution < 1.29 is 13.2 Å². The molecule has 0 unspecified atom stereocenters. The maximum atomic E-state index is 12.4. The minimum atomic E-state index is -3.44. The molecule has 0 aliphatic carbocycles. The van der Waals surface area contributed by atoms with E-state index in [0.717, 1.165) is 5.56 Å². The van der Waals surface area contributed by atoms with Gasteiger partial charge in [-0.3, -0.25) is 9.69 Å². The van der Waals surface area contributed by atoms with Crippen LogP contribution in [0.5, 0.6) is 0 Å². The summed E-state index contributed by atoms with van der Waals surface area (Å²) in [6.45, 7) is 6.23. The van der Waals surface area contributed by atoms with Gasteiger partial charge in [0, 0.05) is 38.1 Å². The average molecular weight is 351 g/mol. The lowest BCUT2D eigenvalue weighted by molar-refractivity contribution is -0.126. The molecule has 1 aromatic rings. The molecule has 1 N–H and O–H groups in total. The highest BCUT2D eigenvalue weighted by Gasteiger charge is 2.29. The number of carbonyl (C=O) groups excluding carboxylic acids is 1. The van der Waals surface area contributed by atoms with E-state index >= 15 is 0 Å². The third-order valence-electron chi connectivity index (χ3n) is 4.14. The zero-order valence-electron chi connectivity index (χ0n) is 14.2. The van der Waals surface area contributed by atoms with E-state index in [1.807, 2.05) is 49.1 Å². The first-order valence-corrected chi connectivity index (χ1v) is 9.69. The van der Waals surface area contributed by atoms with E-state index in [1.165, 1.54) is 9.71 Å². The van der Waals surface area contributed by atoms with E-state index in [0.29, 0.717) is 32.7 Å². The number of sulfonamides is 1. The van der Waals surface area contributed by atoms with Crippen molar-refractivity contribution in [1.82, 2.24) is 14.5 Å². The molecule has 6 nitrogen and oxygen atoms in total. The molecule has 2 rings (SSSR count). The van der Waals surface area contributed by atoms with Crippen LogP contribution in [0.1, 0.15) is 19.4 Å². The number of nitrogens with one attached hydrogen (secondary N) is 1. The van der Waals surface area contributed by atoms with Gasteiger partial charge < -0.3 is 5.32 Å². The van der Waals surface area contributed by atoms with Crippen LogP contribution in [0.2, 0.25) is 0 Å².